The predicted octanol–water partition coefficient (Wildman–Crippen LogP) is 1.16. The molecule has 2 aromatic rings. The second-order valence-electron chi connectivity index (χ2n) is 3.39. The molecule has 74 valence electrons. The second kappa shape index (κ2) is 3.82. The topological polar surface area (TPSA) is 62.0 Å². The van der Waals surface area contributed by atoms with E-state index in [1.165, 1.54) is 10.9 Å². The van der Waals surface area contributed by atoms with Crippen LogP contribution in [0.5, 0.6) is 0 Å². The van der Waals surface area contributed by atoms with Crippen molar-refractivity contribution >= 4 is 10.9 Å². The number of hydrogen-bond acceptors (Lipinski definition) is 2. The van der Waals surface area contributed by atoms with Gasteiger partial charge in [0.05, 0.1) is 6.61 Å². The monoisotopic (exact) mass is 190 g/mol. The SMILES string of the molecule is NCCc1c[nH]c2cc(CO)ccc12. The van der Waals surface area contributed by atoms with E-state index in [0.29, 0.717) is 6.54 Å². The molecule has 4 N–H and O–H groups in total. The van der Waals surface area contributed by atoms with Crippen molar-refractivity contribution in [3.05, 3.63) is 35.5 Å². The first-order valence-corrected chi connectivity index (χ1v) is 4.75. The van der Waals surface area contributed by atoms with Crippen LogP contribution in [0, 0.1) is 0 Å². The van der Waals surface area contributed by atoms with E-state index >= 15 is 0 Å². The number of aliphatic hydroxyl groups excluding tert-OH is 1. The van der Waals surface area contributed by atoms with Crippen LogP contribution in [0.15, 0.2) is 24.4 Å². The van der Waals surface area contributed by atoms with Crippen LogP contribution in [0.1, 0.15) is 11.1 Å². The number of H-pyrrole nitrogens is 1. The van der Waals surface area contributed by atoms with Crippen molar-refractivity contribution in [2.75, 3.05) is 6.54 Å². The Morgan fingerprint density at radius 2 is 2.21 bits per heavy atom. The third-order valence-corrected chi connectivity index (χ3v) is 2.43. The zero-order valence-electron chi connectivity index (χ0n) is 7.96. The molecule has 0 aliphatic heterocycles. The maximum absolute atomic E-state index is 8.97. The first kappa shape index (κ1) is 9.24. The molecule has 0 atom stereocenters. The number of aromatic nitrogens is 1. The maximum atomic E-state index is 8.97. The third-order valence-electron chi connectivity index (χ3n) is 2.43. The van der Waals surface area contributed by atoms with E-state index in [1.54, 1.807) is 0 Å². The van der Waals surface area contributed by atoms with E-state index in [-0.39, 0.29) is 6.61 Å². The Morgan fingerprint density at radius 3 is 2.93 bits per heavy atom. The summed E-state index contributed by atoms with van der Waals surface area (Å²) in [5, 5.41) is 10.2. The minimum absolute atomic E-state index is 0.0845. The molecule has 0 bridgehead atoms. The average Bonchev–Trinajstić information content (AvgIpc) is 2.61. The Morgan fingerprint density at radius 1 is 1.36 bits per heavy atom. The molecule has 1 aromatic heterocycles. The minimum atomic E-state index is 0.0845. The maximum Gasteiger partial charge on any atom is 0.0682 e. The number of nitrogens with two attached hydrogens (primary N) is 1. The van der Waals surface area contributed by atoms with Gasteiger partial charge in [0.2, 0.25) is 0 Å². The number of benzene rings is 1. The highest BCUT2D eigenvalue weighted by Crippen LogP contribution is 2.19. The third kappa shape index (κ3) is 1.52. The van der Waals surface area contributed by atoms with E-state index in [4.69, 9.17) is 10.8 Å². The summed E-state index contributed by atoms with van der Waals surface area (Å²) in [5.74, 6) is 0. The number of nitrogens with one attached hydrogen (secondary N) is 1. The zero-order chi connectivity index (χ0) is 9.97. The highest BCUT2D eigenvalue weighted by atomic mass is 16.3. The van der Waals surface area contributed by atoms with Gasteiger partial charge in [0.15, 0.2) is 0 Å². The lowest BCUT2D eigenvalue weighted by Crippen LogP contribution is -2.01. The van der Waals surface area contributed by atoms with E-state index in [1.807, 2.05) is 24.4 Å². The fourth-order valence-corrected chi connectivity index (χ4v) is 1.69. The number of hydrogen-bond donors (Lipinski definition) is 3. The molecule has 0 saturated carbocycles. The Hall–Kier alpha value is -1.32. The van der Waals surface area contributed by atoms with Gasteiger partial charge >= 0.3 is 0 Å². The van der Waals surface area contributed by atoms with Gasteiger partial charge in [-0.3, -0.25) is 0 Å². The molecular weight excluding hydrogens is 176 g/mol. The average molecular weight is 190 g/mol. The van der Waals surface area contributed by atoms with Crippen LogP contribution in [0.25, 0.3) is 10.9 Å². The Labute approximate surface area is 82.6 Å². The molecule has 0 spiro atoms. The summed E-state index contributed by atoms with van der Waals surface area (Å²) in [6.45, 7) is 0.746. The van der Waals surface area contributed by atoms with Gasteiger partial charge in [0, 0.05) is 17.1 Å². The molecular formula is C11H14N2O. The summed E-state index contributed by atoms with van der Waals surface area (Å²) in [6, 6.07) is 5.94. The van der Waals surface area contributed by atoms with Gasteiger partial charge in [0.1, 0.15) is 0 Å². The molecule has 1 heterocycles. The molecule has 14 heavy (non-hydrogen) atoms. The molecule has 0 amide bonds. The molecule has 0 aliphatic rings. The fourth-order valence-electron chi connectivity index (χ4n) is 1.69. The normalized spacial score (nSPS) is 11.0. The lowest BCUT2D eigenvalue weighted by Gasteiger charge is -1.98. The minimum Gasteiger partial charge on any atom is -0.392 e. The van der Waals surface area contributed by atoms with Gasteiger partial charge in [0.25, 0.3) is 0 Å². The van der Waals surface area contributed by atoms with Gasteiger partial charge in [-0.1, -0.05) is 12.1 Å². The smallest absolute Gasteiger partial charge is 0.0682 e. The highest BCUT2D eigenvalue weighted by molar-refractivity contribution is 5.83. The molecule has 2 rings (SSSR count). The van der Waals surface area contributed by atoms with Gasteiger partial charge < -0.3 is 15.8 Å². The summed E-state index contributed by atoms with van der Waals surface area (Å²) in [4.78, 5) is 3.18. The van der Waals surface area contributed by atoms with E-state index in [2.05, 4.69) is 4.98 Å². The van der Waals surface area contributed by atoms with Crippen molar-refractivity contribution < 1.29 is 5.11 Å². The molecule has 0 unspecified atom stereocenters. The van der Waals surface area contributed by atoms with Crippen molar-refractivity contribution in [3.8, 4) is 0 Å². The zero-order valence-corrected chi connectivity index (χ0v) is 7.96. The van der Waals surface area contributed by atoms with Crippen molar-refractivity contribution in [1.82, 2.24) is 4.98 Å². The van der Waals surface area contributed by atoms with Crippen LogP contribution in [-0.2, 0) is 13.0 Å². The van der Waals surface area contributed by atoms with Crippen molar-refractivity contribution in [3.63, 3.8) is 0 Å². The van der Waals surface area contributed by atoms with Crippen LogP contribution < -0.4 is 5.73 Å². The van der Waals surface area contributed by atoms with Gasteiger partial charge in [-0.15, -0.1) is 0 Å². The second-order valence-corrected chi connectivity index (χ2v) is 3.39. The lowest BCUT2D eigenvalue weighted by molar-refractivity contribution is 0.282. The lowest BCUT2D eigenvalue weighted by atomic mass is 10.1. The summed E-state index contributed by atoms with van der Waals surface area (Å²) in [5.41, 5.74) is 8.75. The first-order chi connectivity index (χ1) is 6.85. The molecule has 0 radical (unpaired) electrons. The van der Waals surface area contributed by atoms with Crippen LogP contribution in [0.2, 0.25) is 0 Å². The van der Waals surface area contributed by atoms with Crippen LogP contribution in [-0.4, -0.2) is 16.6 Å². The standard InChI is InChI=1S/C11H14N2O/c12-4-3-9-6-13-11-5-8(7-14)1-2-10(9)11/h1-2,5-6,13-14H,3-4,7,12H2. The Bertz CT molecular complexity index is 434. The van der Waals surface area contributed by atoms with Crippen LogP contribution in [0.4, 0.5) is 0 Å². The van der Waals surface area contributed by atoms with Crippen molar-refractivity contribution in [2.24, 2.45) is 5.73 Å². The summed E-state index contributed by atoms with van der Waals surface area (Å²) < 4.78 is 0. The van der Waals surface area contributed by atoms with Gasteiger partial charge in [-0.2, -0.15) is 0 Å². The molecule has 1 aromatic carbocycles. The predicted molar refractivity (Wildman–Crippen MR) is 57.0 cm³/mol. The van der Waals surface area contributed by atoms with E-state index in [9.17, 15) is 0 Å². The summed E-state index contributed by atoms with van der Waals surface area (Å²) in [6.07, 6.45) is 2.87. The quantitative estimate of drug-likeness (QED) is 0.680. The number of aromatic amines is 1. The first-order valence-electron chi connectivity index (χ1n) is 4.75. The Balaban J connectivity index is 2.48. The Kier molecular flexibility index (Phi) is 2.52. The van der Waals surface area contributed by atoms with Gasteiger partial charge in [-0.25, -0.2) is 0 Å². The van der Waals surface area contributed by atoms with Crippen LogP contribution in [0.3, 0.4) is 0 Å². The number of aliphatic hydroxyl groups is 1. The number of fused-ring (bicyclic) bond motifs is 1. The molecule has 3 nitrogen and oxygen atoms in total. The van der Waals surface area contributed by atoms with Crippen molar-refractivity contribution in [2.45, 2.75) is 13.0 Å². The molecule has 0 saturated heterocycles. The van der Waals surface area contributed by atoms with E-state index < -0.39 is 0 Å². The number of rotatable bonds is 3. The summed E-state index contributed by atoms with van der Waals surface area (Å²) in [7, 11) is 0. The molecule has 0 aliphatic carbocycles. The van der Waals surface area contributed by atoms with E-state index in [0.717, 1.165) is 17.5 Å². The largest absolute Gasteiger partial charge is 0.392 e. The summed E-state index contributed by atoms with van der Waals surface area (Å²) >= 11 is 0. The van der Waals surface area contributed by atoms with Crippen molar-refractivity contribution in [1.29, 1.82) is 0 Å². The highest BCUT2D eigenvalue weighted by Gasteiger charge is 2.02. The van der Waals surface area contributed by atoms with Gasteiger partial charge in [-0.05, 0) is 30.2 Å². The molecule has 0 fully saturated rings. The fraction of sp³-hybridized carbons (Fsp3) is 0.273. The molecule has 3 heteroatoms. The van der Waals surface area contributed by atoms with Crippen LogP contribution >= 0.6 is 0 Å².